The molecule has 1 saturated heterocycles. The molecule has 0 spiro atoms. The van der Waals surface area contributed by atoms with Crippen LogP contribution in [0.5, 0.6) is 0 Å². The Labute approximate surface area is 217 Å². The number of aliphatic hydroxyl groups excluding tert-OH is 3. The van der Waals surface area contributed by atoms with Crippen molar-refractivity contribution in [1.29, 1.82) is 0 Å². The van der Waals surface area contributed by atoms with Gasteiger partial charge < -0.3 is 30.9 Å². The van der Waals surface area contributed by atoms with E-state index in [0.29, 0.717) is 42.9 Å². The van der Waals surface area contributed by atoms with Crippen molar-refractivity contribution in [3.05, 3.63) is 34.6 Å². The van der Waals surface area contributed by atoms with Gasteiger partial charge in [-0.25, -0.2) is 4.98 Å². The van der Waals surface area contributed by atoms with Crippen molar-refractivity contribution in [2.75, 3.05) is 36.5 Å². The molecule has 1 saturated carbocycles. The molecule has 3 heterocycles. The predicted molar refractivity (Wildman–Crippen MR) is 142 cm³/mol. The fourth-order valence-electron chi connectivity index (χ4n) is 5.15. The Hall–Kier alpha value is -3.06. The summed E-state index contributed by atoms with van der Waals surface area (Å²) < 4.78 is 0.935. The minimum atomic E-state index is -1.12. The average molecular weight is 529 g/mol. The first-order valence-electron chi connectivity index (χ1n) is 12.6. The van der Waals surface area contributed by atoms with Crippen LogP contribution in [0.25, 0.3) is 20.8 Å². The number of carbonyl (C=O) groups excluding carboxylic acids is 1. The summed E-state index contributed by atoms with van der Waals surface area (Å²) >= 11 is 1.38. The van der Waals surface area contributed by atoms with Gasteiger partial charge in [0.25, 0.3) is 5.56 Å². The maximum atomic E-state index is 13.5. The average Bonchev–Trinajstić information content (AvgIpc) is 3.43. The van der Waals surface area contributed by atoms with E-state index < -0.39 is 24.2 Å². The number of piperidine rings is 1. The molecule has 198 valence electrons. The Kier molecular flexibility index (Phi) is 7.43. The van der Waals surface area contributed by atoms with Gasteiger partial charge in [0.2, 0.25) is 11.9 Å². The lowest BCUT2D eigenvalue weighted by Crippen LogP contribution is -2.40. The molecule has 0 radical (unpaired) electrons. The highest BCUT2D eigenvalue weighted by atomic mass is 32.1. The van der Waals surface area contributed by atoms with Crippen LogP contribution in [-0.2, 0) is 4.79 Å². The summed E-state index contributed by atoms with van der Waals surface area (Å²) in [6, 6.07) is 7.03. The van der Waals surface area contributed by atoms with Crippen molar-refractivity contribution in [2.24, 2.45) is 11.8 Å². The smallest absolute Gasteiger partial charge is 0.264 e. The van der Waals surface area contributed by atoms with Gasteiger partial charge in [-0.05, 0) is 37.3 Å². The number of rotatable bonds is 7. The second-order valence-electron chi connectivity index (χ2n) is 9.88. The van der Waals surface area contributed by atoms with Crippen LogP contribution in [0.15, 0.2) is 29.1 Å². The molecule has 37 heavy (non-hydrogen) atoms. The van der Waals surface area contributed by atoms with Crippen LogP contribution < -0.4 is 21.1 Å². The van der Waals surface area contributed by atoms with Crippen LogP contribution in [-0.4, -0.2) is 80.7 Å². The summed E-state index contributed by atoms with van der Waals surface area (Å²) in [5, 5.41) is 37.1. The monoisotopic (exact) mass is 528 g/mol. The molecule has 1 amide bonds. The number of nitrogens with zero attached hydrogens (tertiary/aromatic N) is 3. The number of amides is 1. The third-order valence-electron chi connectivity index (χ3n) is 7.33. The maximum absolute atomic E-state index is 13.5. The zero-order valence-electron chi connectivity index (χ0n) is 20.6. The number of thiazole rings is 1. The lowest BCUT2D eigenvalue weighted by Gasteiger charge is -2.32. The zero-order chi connectivity index (χ0) is 26.1. The second-order valence-corrected chi connectivity index (χ2v) is 10.9. The Morgan fingerprint density at radius 1 is 1.19 bits per heavy atom. The van der Waals surface area contributed by atoms with Crippen LogP contribution in [0.3, 0.4) is 0 Å². The number of aromatic nitrogens is 3. The quantitative estimate of drug-likeness (QED) is 0.262. The first kappa shape index (κ1) is 25.6. The number of para-hydroxylation sites is 1. The standard InChI is InChI=1S/C25H32N6O5S/c1-13(33)26-11-14-6-8-31(9-7-14)25-29-22(27-17-10-15(12-32)20(34)21(17)35)19(23(36)30-25)24-28-16-4-2-3-5-18(16)37-24/h2-5,14-15,17,20-21,32,34-35H,6-12H2,1H3,(H,26,33)(H2,27,29,30,36)/t15-,17-,20-,21+/m1/s1. The molecule has 11 nitrogen and oxygen atoms in total. The third-order valence-corrected chi connectivity index (χ3v) is 8.38. The summed E-state index contributed by atoms with van der Waals surface area (Å²) in [4.78, 5) is 39.1. The van der Waals surface area contributed by atoms with Crippen molar-refractivity contribution < 1.29 is 20.1 Å². The number of nitrogens with one attached hydrogen (secondary N) is 3. The molecule has 4 atom stereocenters. The lowest BCUT2D eigenvalue weighted by molar-refractivity contribution is -0.119. The highest BCUT2D eigenvalue weighted by Gasteiger charge is 2.41. The number of carbonyl (C=O) groups is 1. The second kappa shape index (κ2) is 10.7. The summed E-state index contributed by atoms with van der Waals surface area (Å²) in [5.41, 5.74) is 0.702. The highest BCUT2D eigenvalue weighted by molar-refractivity contribution is 7.21. The van der Waals surface area contributed by atoms with Gasteiger partial charge in [-0.2, -0.15) is 4.98 Å². The molecule has 2 aromatic heterocycles. The number of H-pyrrole nitrogens is 1. The van der Waals surface area contributed by atoms with E-state index in [1.165, 1.54) is 18.3 Å². The van der Waals surface area contributed by atoms with Crippen LogP contribution in [0.4, 0.5) is 11.8 Å². The van der Waals surface area contributed by atoms with Gasteiger partial charge in [-0.15, -0.1) is 11.3 Å². The molecule has 0 bridgehead atoms. The first-order valence-corrected chi connectivity index (χ1v) is 13.4. The predicted octanol–water partition coefficient (Wildman–Crippen LogP) is 0.914. The van der Waals surface area contributed by atoms with E-state index in [-0.39, 0.29) is 29.5 Å². The number of anilines is 2. The fourth-order valence-corrected chi connectivity index (χ4v) is 6.16. The molecular formula is C25H32N6O5S. The minimum absolute atomic E-state index is 0.0442. The normalized spacial score (nSPS) is 24.5. The number of benzene rings is 1. The first-order chi connectivity index (χ1) is 17.8. The molecule has 1 aliphatic heterocycles. The SMILES string of the molecule is CC(=O)NCC1CCN(c2nc(N[C@@H]3C[C@H](CO)[C@@H](O)[C@H]3O)c(-c3nc4ccccc4s3)c(=O)[nH]2)CC1. The van der Waals surface area contributed by atoms with Crippen LogP contribution in [0.2, 0.25) is 0 Å². The lowest BCUT2D eigenvalue weighted by atomic mass is 9.97. The Balaban J connectivity index is 1.46. The Morgan fingerprint density at radius 3 is 2.62 bits per heavy atom. The van der Waals surface area contributed by atoms with Crippen molar-refractivity contribution in [1.82, 2.24) is 20.3 Å². The van der Waals surface area contributed by atoms with Gasteiger partial charge in [-0.3, -0.25) is 14.6 Å². The minimum Gasteiger partial charge on any atom is -0.396 e. The maximum Gasteiger partial charge on any atom is 0.264 e. The van der Waals surface area contributed by atoms with E-state index in [0.717, 1.165) is 23.1 Å². The highest BCUT2D eigenvalue weighted by Crippen LogP contribution is 2.35. The molecular weight excluding hydrogens is 496 g/mol. The fraction of sp³-hybridized carbons (Fsp3) is 0.520. The molecule has 1 aliphatic carbocycles. The van der Waals surface area contributed by atoms with Crippen LogP contribution in [0, 0.1) is 11.8 Å². The molecule has 6 N–H and O–H groups in total. The van der Waals surface area contributed by atoms with E-state index in [4.69, 9.17) is 4.98 Å². The topological polar surface area (TPSA) is 164 Å². The number of aliphatic hydroxyl groups is 3. The summed E-state index contributed by atoms with van der Waals surface area (Å²) in [5.74, 6) is 0.548. The molecule has 2 aliphatic rings. The van der Waals surface area contributed by atoms with Gasteiger partial charge in [-0.1, -0.05) is 12.1 Å². The van der Waals surface area contributed by atoms with Gasteiger partial charge in [0.15, 0.2) is 0 Å². The summed E-state index contributed by atoms with van der Waals surface area (Å²) in [6.45, 7) is 3.23. The van der Waals surface area contributed by atoms with Crippen molar-refractivity contribution in [3.63, 3.8) is 0 Å². The largest absolute Gasteiger partial charge is 0.396 e. The number of aromatic amines is 1. The van der Waals surface area contributed by atoms with E-state index in [1.54, 1.807) is 0 Å². The van der Waals surface area contributed by atoms with E-state index in [2.05, 4.69) is 20.6 Å². The molecule has 0 unspecified atom stereocenters. The summed E-state index contributed by atoms with van der Waals surface area (Å²) in [6.07, 6.45) is -0.168. The van der Waals surface area contributed by atoms with Crippen molar-refractivity contribution in [3.8, 4) is 10.6 Å². The van der Waals surface area contributed by atoms with Crippen LogP contribution >= 0.6 is 11.3 Å². The van der Waals surface area contributed by atoms with Gasteiger partial charge in [0, 0.05) is 39.1 Å². The van der Waals surface area contributed by atoms with E-state index >= 15 is 0 Å². The number of fused-ring (bicyclic) bond motifs is 1. The number of hydrogen-bond acceptors (Lipinski definition) is 10. The Morgan fingerprint density at radius 2 is 1.95 bits per heavy atom. The zero-order valence-corrected chi connectivity index (χ0v) is 21.4. The van der Waals surface area contributed by atoms with Crippen molar-refractivity contribution >= 4 is 39.2 Å². The van der Waals surface area contributed by atoms with Gasteiger partial charge in [0.1, 0.15) is 22.5 Å². The van der Waals surface area contributed by atoms with Crippen molar-refractivity contribution in [2.45, 2.75) is 44.4 Å². The Bertz CT molecular complexity index is 1290. The molecule has 2 fully saturated rings. The number of hydrogen-bond donors (Lipinski definition) is 6. The van der Waals surface area contributed by atoms with Crippen LogP contribution in [0.1, 0.15) is 26.2 Å². The third kappa shape index (κ3) is 5.33. The van der Waals surface area contributed by atoms with E-state index in [9.17, 15) is 24.9 Å². The molecule has 12 heteroatoms. The molecule has 5 rings (SSSR count). The van der Waals surface area contributed by atoms with Gasteiger partial charge in [0.05, 0.1) is 22.4 Å². The van der Waals surface area contributed by atoms with E-state index in [1.807, 2.05) is 29.2 Å². The van der Waals surface area contributed by atoms with Gasteiger partial charge >= 0.3 is 0 Å². The molecule has 1 aromatic carbocycles. The molecule has 3 aromatic rings. The summed E-state index contributed by atoms with van der Waals surface area (Å²) in [7, 11) is 0.